The number of benzene rings is 1. The van der Waals surface area contributed by atoms with Crippen molar-refractivity contribution in [1.82, 2.24) is 0 Å². The van der Waals surface area contributed by atoms with Gasteiger partial charge in [0, 0.05) is 17.1 Å². The molecular formula is C21H29N3O5. The Labute approximate surface area is 171 Å². The Balaban J connectivity index is 1.56. The van der Waals surface area contributed by atoms with E-state index < -0.39 is 36.9 Å². The van der Waals surface area contributed by atoms with Gasteiger partial charge < -0.3 is 24.1 Å². The van der Waals surface area contributed by atoms with Crippen LogP contribution in [0, 0.1) is 0 Å². The normalized spacial score (nSPS) is 31.5. The zero-order valence-electron chi connectivity index (χ0n) is 16.5. The Morgan fingerprint density at radius 1 is 1.21 bits per heavy atom. The molecule has 2 aliphatic rings. The largest absolute Gasteiger partial charge is 0.390 e. The highest BCUT2D eigenvalue weighted by molar-refractivity contribution is 5.16. The molecule has 0 spiro atoms. The molecule has 1 N–H and O–H groups in total. The second-order valence-electron chi connectivity index (χ2n) is 7.27. The van der Waals surface area contributed by atoms with E-state index >= 15 is 0 Å². The highest BCUT2D eigenvalue weighted by Crippen LogP contribution is 2.35. The fourth-order valence-corrected chi connectivity index (χ4v) is 3.62. The van der Waals surface area contributed by atoms with Crippen molar-refractivity contribution in [2.45, 2.75) is 69.0 Å². The standard InChI is InChI=1S/C21H29N3O5/c1-2-3-4-5-6-10-13-26-21-17(23-24-22)18(25)19-16(28-21)14-27-20(29-19)15-11-8-7-9-12-15/h2,7-9,11-12,16-21,25H,1,3-6,10,13-14H2/t16-,17-,18-,19+,20?,21+/m1/s1. The lowest BCUT2D eigenvalue weighted by Crippen LogP contribution is -2.61. The van der Waals surface area contributed by atoms with Crippen molar-refractivity contribution in [2.75, 3.05) is 13.2 Å². The number of fused-ring (bicyclic) bond motifs is 1. The van der Waals surface area contributed by atoms with E-state index in [1.54, 1.807) is 0 Å². The average Bonchev–Trinajstić information content (AvgIpc) is 2.76. The van der Waals surface area contributed by atoms with Crippen LogP contribution in [-0.4, -0.2) is 49.0 Å². The average molecular weight is 403 g/mol. The number of allylic oxidation sites excluding steroid dienone is 1. The summed E-state index contributed by atoms with van der Waals surface area (Å²) >= 11 is 0. The van der Waals surface area contributed by atoms with Gasteiger partial charge in [0.15, 0.2) is 12.6 Å². The highest BCUT2D eigenvalue weighted by Gasteiger charge is 2.49. The molecule has 0 amide bonds. The number of aliphatic hydroxyl groups is 1. The second-order valence-corrected chi connectivity index (χ2v) is 7.27. The molecule has 1 aromatic rings. The van der Waals surface area contributed by atoms with Gasteiger partial charge in [-0.25, -0.2) is 0 Å². The van der Waals surface area contributed by atoms with Gasteiger partial charge in [0.1, 0.15) is 18.2 Å². The Bertz CT molecular complexity index is 682. The van der Waals surface area contributed by atoms with Crippen molar-refractivity contribution < 1.29 is 24.1 Å². The first-order chi connectivity index (χ1) is 14.2. The first-order valence-corrected chi connectivity index (χ1v) is 10.2. The third-order valence-electron chi connectivity index (χ3n) is 5.17. The summed E-state index contributed by atoms with van der Waals surface area (Å²) in [5, 5.41) is 14.5. The van der Waals surface area contributed by atoms with E-state index in [4.69, 9.17) is 24.5 Å². The zero-order valence-corrected chi connectivity index (χ0v) is 16.5. The van der Waals surface area contributed by atoms with E-state index in [2.05, 4.69) is 16.6 Å². The highest BCUT2D eigenvalue weighted by atomic mass is 16.7. The molecule has 29 heavy (non-hydrogen) atoms. The summed E-state index contributed by atoms with van der Waals surface area (Å²) < 4.78 is 23.5. The number of nitrogens with zero attached hydrogens (tertiary/aromatic N) is 3. The summed E-state index contributed by atoms with van der Waals surface area (Å²) in [5.41, 5.74) is 9.79. The Morgan fingerprint density at radius 3 is 2.76 bits per heavy atom. The van der Waals surface area contributed by atoms with Crippen molar-refractivity contribution >= 4 is 0 Å². The monoisotopic (exact) mass is 403 g/mol. The Kier molecular flexibility index (Phi) is 8.49. The number of hydrogen-bond acceptors (Lipinski definition) is 6. The number of aliphatic hydroxyl groups excluding tert-OH is 1. The van der Waals surface area contributed by atoms with Gasteiger partial charge in [0.2, 0.25) is 0 Å². The van der Waals surface area contributed by atoms with Crippen LogP contribution in [0.5, 0.6) is 0 Å². The smallest absolute Gasteiger partial charge is 0.184 e. The molecule has 0 aromatic heterocycles. The summed E-state index contributed by atoms with van der Waals surface area (Å²) in [6.45, 7) is 4.44. The molecule has 2 fully saturated rings. The fraction of sp³-hybridized carbons (Fsp3) is 0.619. The number of rotatable bonds is 10. The molecule has 0 bridgehead atoms. The van der Waals surface area contributed by atoms with Crippen LogP contribution in [0.25, 0.3) is 10.4 Å². The molecule has 8 heteroatoms. The predicted molar refractivity (Wildman–Crippen MR) is 107 cm³/mol. The topological polar surface area (TPSA) is 106 Å². The Morgan fingerprint density at radius 2 is 2.00 bits per heavy atom. The van der Waals surface area contributed by atoms with Crippen LogP contribution in [-0.2, 0) is 18.9 Å². The van der Waals surface area contributed by atoms with Gasteiger partial charge in [-0.05, 0) is 24.8 Å². The molecule has 6 atom stereocenters. The number of unbranched alkanes of at least 4 members (excludes halogenated alkanes) is 4. The predicted octanol–water partition coefficient (Wildman–Crippen LogP) is 4.02. The van der Waals surface area contributed by atoms with Crippen LogP contribution in [0.15, 0.2) is 48.1 Å². The van der Waals surface area contributed by atoms with Gasteiger partial charge in [0.05, 0.1) is 12.7 Å². The van der Waals surface area contributed by atoms with Crippen LogP contribution >= 0.6 is 0 Å². The van der Waals surface area contributed by atoms with Crippen molar-refractivity contribution in [2.24, 2.45) is 5.11 Å². The molecule has 0 aliphatic carbocycles. The lowest BCUT2D eigenvalue weighted by atomic mass is 9.96. The first-order valence-electron chi connectivity index (χ1n) is 10.2. The van der Waals surface area contributed by atoms with E-state index in [9.17, 15) is 5.11 Å². The molecule has 158 valence electrons. The molecule has 2 heterocycles. The molecule has 1 unspecified atom stereocenters. The molecule has 8 nitrogen and oxygen atoms in total. The van der Waals surface area contributed by atoms with Crippen LogP contribution in [0.3, 0.4) is 0 Å². The number of hydrogen-bond donors (Lipinski definition) is 1. The third kappa shape index (κ3) is 5.79. The van der Waals surface area contributed by atoms with Gasteiger partial charge >= 0.3 is 0 Å². The van der Waals surface area contributed by atoms with Gasteiger partial charge in [-0.1, -0.05) is 54.4 Å². The maximum absolute atomic E-state index is 10.8. The lowest BCUT2D eigenvalue weighted by molar-refractivity contribution is -0.341. The van der Waals surface area contributed by atoms with E-state index in [1.165, 1.54) is 0 Å². The summed E-state index contributed by atoms with van der Waals surface area (Å²) in [4.78, 5) is 2.86. The maximum atomic E-state index is 10.8. The third-order valence-corrected chi connectivity index (χ3v) is 5.17. The number of ether oxygens (including phenoxy) is 4. The quantitative estimate of drug-likeness (QED) is 0.209. The van der Waals surface area contributed by atoms with Gasteiger partial charge in [-0.15, -0.1) is 6.58 Å². The molecule has 0 radical (unpaired) electrons. The van der Waals surface area contributed by atoms with Gasteiger partial charge in [-0.3, -0.25) is 0 Å². The molecule has 0 saturated carbocycles. The minimum Gasteiger partial charge on any atom is -0.390 e. The van der Waals surface area contributed by atoms with E-state index in [-0.39, 0.29) is 6.61 Å². The minimum atomic E-state index is -1.04. The van der Waals surface area contributed by atoms with Crippen molar-refractivity contribution in [3.05, 3.63) is 59.0 Å². The summed E-state index contributed by atoms with van der Waals surface area (Å²) in [7, 11) is 0. The van der Waals surface area contributed by atoms with Gasteiger partial charge in [0.25, 0.3) is 0 Å². The molecule has 2 aliphatic heterocycles. The van der Waals surface area contributed by atoms with Crippen LogP contribution in [0.1, 0.15) is 44.0 Å². The Hall–Kier alpha value is -1.93. The summed E-state index contributed by atoms with van der Waals surface area (Å²) in [6.07, 6.45) is 3.44. The molecular weight excluding hydrogens is 374 g/mol. The summed E-state index contributed by atoms with van der Waals surface area (Å²) in [5.74, 6) is 0. The van der Waals surface area contributed by atoms with Gasteiger partial charge in [-0.2, -0.15) is 0 Å². The first kappa shape index (κ1) is 21.8. The lowest BCUT2D eigenvalue weighted by Gasteiger charge is -2.46. The molecule has 3 rings (SSSR count). The van der Waals surface area contributed by atoms with Crippen LogP contribution < -0.4 is 0 Å². The second kappa shape index (κ2) is 11.3. The maximum Gasteiger partial charge on any atom is 0.184 e. The van der Waals surface area contributed by atoms with Crippen molar-refractivity contribution in [3.8, 4) is 0 Å². The molecule has 2 saturated heterocycles. The summed E-state index contributed by atoms with van der Waals surface area (Å²) in [6, 6.07) is 8.61. The van der Waals surface area contributed by atoms with E-state index in [0.29, 0.717) is 6.61 Å². The van der Waals surface area contributed by atoms with E-state index in [0.717, 1.165) is 37.7 Å². The van der Waals surface area contributed by atoms with Crippen molar-refractivity contribution in [3.63, 3.8) is 0 Å². The van der Waals surface area contributed by atoms with Crippen LogP contribution in [0.4, 0.5) is 0 Å². The fourth-order valence-electron chi connectivity index (χ4n) is 3.62. The molecule has 1 aromatic carbocycles. The minimum absolute atomic E-state index is 0.256. The zero-order chi connectivity index (χ0) is 20.5. The van der Waals surface area contributed by atoms with E-state index in [1.807, 2.05) is 36.4 Å². The SMILES string of the molecule is C=CCCCCCCO[C@H]1O[C@@H]2COC(c3ccccc3)O[C@@H]2[C@H](O)[C@H]1N=[N+]=[N-]. The van der Waals surface area contributed by atoms with Crippen LogP contribution in [0.2, 0.25) is 0 Å². The number of azide groups is 1. The van der Waals surface area contributed by atoms with Crippen molar-refractivity contribution in [1.29, 1.82) is 0 Å².